The van der Waals surface area contributed by atoms with Crippen molar-refractivity contribution in [2.45, 2.75) is 6.61 Å². The van der Waals surface area contributed by atoms with Crippen molar-refractivity contribution in [2.75, 3.05) is 7.05 Å². The molecular formula is C19H14BrClN2O3S. The summed E-state index contributed by atoms with van der Waals surface area (Å²) in [5.74, 6) is -0.462. The predicted octanol–water partition coefficient (Wildman–Crippen LogP) is 3.94. The molecule has 1 heterocycles. The second-order valence-corrected chi connectivity index (χ2v) is 7.52. The van der Waals surface area contributed by atoms with Crippen molar-refractivity contribution in [1.29, 1.82) is 0 Å². The van der Waals surface area contributed by atoms with Gasteiger partial charge in [-0.15, -0.1) is 0 Å². The summed E-state index contributed by atoms with van der Waals surface area (Å²) in [6, 6.07) is 12.7. The van der Waals surface area contributed by atoms with Crippen LogP contribution < -0.4 is 10.1 Å². The van der Waals surface area contributed by atoms with E-state index in [4.69, 9.17) is 28.6 Å². The zero-order valence-corrected chi connectivity index (χ0v) is 17.3. The quantitative estimate of drug-likeness (QED) is 0.422. The van der Waals surface area contributed by atoms with E-state index in [9.17, 15) is 9.59 Å². The maximum atomic E-state index is 12.4. The summed E-state index contributed by atoms with van der Waals surface area (Å²) < 4.78 is 6.68. The molecule has 1 aliphatic rings. The molecule has 8 heteroatoms. The average Bonchev–Trinajstić information content (AvgIpc) is 2.64. The minimum atomic E-state index is -0.535. The van der Waals surface area contributed by atoms with Crippen molar-refractivity contribution in [1.82, 2.24) is 10.2 Å². The SMILES string of the molecule is CN1C(=O)/C(=C/c2cc(Br)ccc2OCc2ccc(Cl)cc2)C(=O)NC1=S. The van der Waals surface area contributed by atoms with Crippen molar-refractivity contribution >= 4 is 62.8 Å². The number of ether oxygens (including phenoxy) is 1. The lowest BCUT2D eigenvalue weighted by molar-refractivity contribution is -0.128. The standard InChI is InChI=1S/C19H14BrClN2O3S/c1-23-18(25)15(17(24)22-19(23)27)9-12-8-13(20)4-7-16(12)26-10-11-2-5-14(21)6-3-11/h2-9H,10H2,1H3,(H,22,24,27)/b15-9+. The fourth-order valence-corrected chi connectivity index (χ4v) is 3.09. The monoisotopic (exact) mass is 464 g/mol. The van der Waals surface area contributed by atoms with Gasteiger partial charge < -0.3 is 4.74 Å². The number of nitrogens with zero attached hydrogens (tertiary/aromatic N) is 1. The second-order valence-electron chi connectivity index (χ2n) is 5.78. The topological polar surface area (TPSA) is 58.6 Å². The number of hydrogen-bond acceptors (Lipinski definition) is 4. The molecule has 1 fully saturated rings. The number of hydrogen-bond donors (Lipinski definition) is 1. The minimum absolute atomic E-state index is 0.0134. The number of carbonyl (C=O) groups excluding carboxylic acids is 2. The molecule has 1 saturated heterocycles. The average molecular weight is 466 g/mol. The molecule has 0 aromatic heterocycles. The van der Waals surface area contributed by atoms with Crippen LogP contribution in [0.25, 0.3) is 6.08 Å². The Morgan fingerprint density at radius 2 is 1.93 bits per heavy atom. The van der Waals surface area contributed by atoms with Gasteiger partial charge in [-0.05, 0) is 54.2 Å². The van der Waals surface area contributed by atoms with Crippen LogP contribution in [0.4, 0.5) is 0 Å². The Morgan fingerprint density at radius 3 is 2.63 bits per heavy atom. The second kappa shape index (κ2) is 8.21. The summed E-state index contributed by atoms with van der Waals surface area (Å²) in [6.07, 6.45) is 1.50. The number of halogens is 2. The lowest BCUT2D eigenvalue weighted by Crippen LogP contribution is -2.52. The summed E-state index contributed by atoms with van der Waals surface area (Å²) in [4.78, 5) is 25.8. The molecule has 0 atom stereocenters. The molecule has 0 unspecified atom stereocenters. The van der Waals surface area contributed by atoms with Crippen molar-refractivity contribution in [3.05, 3.63) is 68.7 Å². The normalized spacial score (nSPS) is 15.9. The van der Waals surface area contributed by atoms with Gasteiger partial charge in [0.1, 0.15) is 17.9 Å². The maximum absolute atomic E-state index is 12.4. The molecule has 0 saturated carbocycles. The van der Waals surface area contributed by atoms with Crippen LogP contribution in [0.3, 0.4) is 0 Å². The number of amides is 2. The van der Waals surface area contributed by atoms with E-state index in [1.54, 1.807) is 24.3 Å². The van der Waals surface area contributed by atoms with Gasteiger partial charge >= 0.3 is 0 Å². The molecule has 0 radical (unpaired) electrons. The van der Waals surface area contributed by atoms with Crippen molar-refractivity contribution in [2.24, 2.45) is 0 Å². The van der Waals surface area contributed by atoms with Crippen LogP contribution in [0.1, 0.15) is 11.1 Å². The third-order valence-corrected chi connectivity index (χ3v) is 5.01. The first-order valence-corrected chi connectivity index (χ1v) is 9.45. The zero-order valence-electron chi connectivity index (χ0n) is 14.2. The van der Waals surface area contributed by atoms with Gasteiger partial charge in [0.2, 0.25) is 0 Å². The van der Waals surface area contributed by atoms with Crippen LogP contribution in [0.15, 0.2) is 52.5 Å². The van der Waals surface area contributed by atoms with Gasteiger partial charge in [0.25, 0.3) is 11.8 Å². The van der Waals surface area contributed by atoms with Crippen LogP contribution in [-0.2, 0) is 16.2 Å². The van der Waals surface area contributed by atoms with Crippen LogP contribution in [0.5, 0.6) is 5.75 Å². The fourth-order valence-electron chi connectivity index (χ4n) is 2.41. The Morgan fingerprint density at radius 1 is 1.22 bits per heavy atom. The van der Waals surface area contributed by atoms with E-state index in [-0.39, 0.29) is 10.7 Å². The Hall–Kier alpha value is -2.22. The largest absolute Gasteiger partial charge is 0.488 e. The van der Waals surface area contributed by atoms with Crippen molar-refractivity contribution in [3.63, 3.8) is 0 Å². The van der Waals surface area contributed by atoms with Crippen LogP contribution in [0, 0.1) is 0 Å². The Labute approximate surface area is 175 Å². The first kappa shape index (κ1) is 19.5. The molecule has 0 spiro atoms. The highest BCUT2D eigenvalue weighted by Crippen LogP contribution is 2.27. The predicted molar refractivity (Wildman–Crippen MR) is 111 cm³/mol. The van der Waals surface area contributed by atoms with Gasteiger partial charge in [-0.3, -0.25) is 19.8 Å². The number of carbonyl (C=O) groups is 2. The number of likely N-dealkylation sites (N-methyl/N-ethyl adjacent to an activating group) is 1. The van der Waals surface area contributed by atoms with Gasteiger partial charge in [-0.25, -0.2) is 0 Å². The lowest BCUT2D eigenvalue weighted by atomic mass is 10.1. The molecule has 27 heavy (non-hydrogen) atoms. The Bertz CT molecular complexity index is 960. The van der Waals surface area contributed by atoms with Gasteiger partial charge in [0.05, 0.1) is 0 Å². The van der Waals surface area contributed by atoms with Crippen LogP contribution in [0.2, 0.25) is 5.02 Å². The Kier molecular flexibility index (Phi) is 5.94. The van der Waals surface area contributed by atoms with E-state index in [1.807, 2.05) is 18.2 Å². The molecular weight excluding hydrogens is 452 g/mol. The maximum Gasteiger partial charge on any atom is 0.265 e. The lowest BCUT2D eigenvalue weighted by Gasteiger charge is -2.25. The molecule has 2 aromatic rings. The van der Waals surface area contributed by atoms with E-state index in [0.717, 1.165) is 10.0 Å². The third-order valence-electron chi connectivity index (χ3n) is 3.88. The summed E-state index contributed by atoms with van der Waals surface area (Å²) in [5, 5.41) is 3.22. The smallest absolute Gasteiger partial charge is 0.265 e. The number of rotatable bonds is 4. The fraction of sp³-hybridized carbons (Fsp3) is 0.105. The summed E-state index contributed by atoms with van der Waals surface area (Å²) in [7, 11) is 1.51. The van der Waals surface area contributed by atoms with Crippen molar-refractivity contribution in [3.8, 4) is 5.75 Å². The number of benzene rings is 2. The van der Waals surface area contributed by atoms with E-state index < -0.39 is 11.8 Å². The summed E-state index contributed by atoms with van der Waals surface area (Å²) in [5.41, 5.74) is 1.52. The van der Waals surface area contributed by atoms with Crippen molar-refractivity contribution < 1.29 is 14.3 Å². The third kappa shape index (κ3) is 4.55. The molecule has 2 amide bonds. The molecule has 5 nitrogen and oxygen atoms in total. The van der Waals surface area contributed by atoms with E-state index in [1.165, 1.54) is 18.0 Å². The zero-order chi connectivity index (χ0) is 19.6. The molecule has 0 bridgehead atoms. The summed E-state index contributed by atoms with van der Waals surface area (Å²) in [6.45, 7) is 0.319. The van der Waals surface area contributed by atoms with Gasteiger partial charge in [0, 0.05) is 22.1 Å². The molecule has 2 aromatic carbocycles. The molecule has 1 N–H and O–H groups in total. The van der Waals surface area contributed by atoms with Gasteiger partial charge in [0.15, 0.2) is 5.11 Å². The molecule has 3 rings (SSSR count). The van der Waals surface area contributed by atoms with Gasteiger partial charge in [-0.2, -0.15) is 0 Å². The summed E-state index contributed by atoms with van der Waals surface area (Å²) >= 11 is 14.2. The highest BCUT2D eigenvalue weighted by molar-refractivity contribution is 9.10. The highest BCUT2D eigenvalue weighted by atomic mass is 79.9. The van der Waals surface area contributed by atoms with E-state index in [0.29, 0.717) is 22.9 Å². The minimum Gasteiger partial charge on any atom is -0.488 e. The van der Waals surface area contributed by atoms with E-state index >= 15 is 0 Å². The van der Waals surface area contributed by atoms with Crippen LogP contribution in [-0.4, -0.2) is 28.9 Å². The number of thiocarbonyl (C=S) groups is 1. The first-order valence-electron chi connectivity index (χ1n) is 7.87. The van der Waals surface area contributed by atoms with E-state index in [2.05, 4.69) is 21.2 Å². The molecule has 138 valence electrons. The van der Waals surface area contributed by atoms with Crippen LogP contribution >= 0.6 is 39.7 Å². The first-order chi connectivity index (χ1) is 12.8. The highest BCUT2D eigenvalue weighted by Gasteiger charge is 2.31. The Balaban J connectivity index is 1.89. The molecule has 0 aliphatic carbocycles. The molecule has 1 aliphatic heterocycles. The van der Waals surface area contributed by atoms with Gasteiger partial charge in [-0.1, -0.05) is 39.7 Å². The number of nitrogens with one attached hydrogen (secondary N) is 1.